The number of carbonyl (C=O) groups is 2. The van der Waals surface area contributed by atoms with Crippen molar-refractivity contribution in [3.63, 3.8) is 0 Å². The lowest BCUT2D eigenvalue weighted by Crippen LogP contribution is -2.45. The van der Waals surface area contributed by atoms with E-state index in [0.29, 0.717) is 19.8 Å². The molecular formula is C14H19N5O5. The number of rotatable bonds is 5. The van der Waals surface area contributed by atoms with E-state index in [1.54, 1.807) is 0 Å². The van der Waals surface area contributed by atoms with E-state index >= 15 is 0 Å². The number of ether oxygens (including phenoxy) is 1. The molecule has 24 heavy (non-hydrogen) atoms. The minimum absolute atomic E-state index is 0.137. The average molecular weight is 337 g/mol. The van der Waals surface area contributed by atoms with Crippen LogP contribution in [0.15, 0.2) is 24.3 Å². The van der Waals surface area contributed by atoms with Crippen molar-refractivity contribution in [1.82, 2.24) is 15.8 Å². The number of benzene rings is 1. The van der Waals surface area contributed by atoms with Gasteiger partial charge in [0.25, 0.3) is 5.69 Å². The molecule has 1 saturated heterocycles. The summed E-state index contributed by atoms with van der Waals surface area (Å²) in [5.41, 5.74) is 4.61. The topological polar surface area (TPSA) is 126 Å². The summed E-state index contributed by atoms with van der Waals surface area (Å²) in [6, 6.07) is 4.81. The number of hydrogen-bond acceptors (Lipinski definition) is 6. The maximum Gasteiger partial charge on any atom is 0.337 e. The van der Waals surface area contributed by atoms with E-state index in [1.807, 2.05) is 0 Å². The maximum atomic E-state index is 11.7. The number of amides is 3. The number of nitro benzene ring substituents is 1. The molecule has 1 heterocycles. The van der Waals surface area contributed by atoms with Crippen LogP contribution in [0.2, 0.25) is 0 Å². The predicted octanol–water partition coefficient (Wildman–Crippen LogP) is 0.470. The highest BCUT2D eigenvalue weighted by molar-refractivity contribution is 5.91. The van der Waals surface area contributed by atoms with Crippen molar-refractivity contribution in [3.8, 4) is 0 Å². The van der Waals surface area contributed by atoms with Crippen LogP contribution >= 0.6 is 0 Å². The molecule has 1 fully saturated rings. The Morgan fingerprint density at radius 2 is 2.00 bits per heavy atom. The van der Waals surface area contributed by atoms with Gasteiger partial charge in [-0.2, -0.15) is 0 Å². The van der Waals surface area contributed by atoms with E-state index in [4.69, 9.17) is 4.74 Å². The number of morpholine rings is 1. The normalized spacial score (nSPS) is 14.7. The number of nitro groups is 1. The lowest BCUT2D eigenvalue weighted by atomic mass is 10.3. The van der Waals surface area contributed by atoms with Gasteiger partial charge in [-0.3, -0.25) is 25.2 Å². The average Bonchev–Trinajstić information content (AvgIpc) is 2.59. The molecule has 0 spiro atoms. The van der Waals surface area contributed by atoms with Crippen molar-refractivity contribution in [2.24, 2.45) is 0 Å². The fraction of sp³-hybridized carbons (Fsp3) is 0.429. The van der Waals surface area contributed by atoms with Crippen molar-refractivity contribution < 1.29 is 19.2 Å². The Labute approximate surface area is 138 Å². The first-order chi connectivity index (χ1) is 11.5. The number of carbonyl (C=O) groups excluding carboxylic acids is 2. The summed E-state index contributed by atoms with van der Waals surface area (Å²) in [5, 5.41) is 13.1. The smallest absolute Gasteiger partial charge is 0.337 e. The van der Waals surface area contributed by atoms with Crippen LogP contribution in [0, 0.1) is 10.1 Å². The molecule has 3 amide bonds. The zero-order valence-corrected chi connectivity index (χ0v) is 13.0. The highest BCUT2D eigenvalue weighted by Crippen LogP contribution is 2.16. The molecule has 0 atom stereocenters. The third kappa shape index (κ3) is 5.82. The van der Waals surface area contributed by atoms with Gasteiger partial charge in [0.05, 0.1) is 18.1 Å². The Morgan fingerprint density at radius 1 is 1.25 bits per heavy atom. The summed E-state index contributed by atoms with van der Waals surface area (Å²) in [5.74, 6) is -0.323. The summed E-state index contributed by atoms with van der Waals surface area (Å²) in [7, 11) is 0. The van der Waals surface area contributed by atoms with Gasteiger partial charge in [0.1, 0.15) is 0 Å². The second-order valence-electron chi connectivity index (χ2n) is 5.14. The fourth-order valence-corrected chi connectivity index (χ4v) is 2.13. The van der Waals surface area contributed by atoms with Crippen molar-refractivity contribution in [1.29, 1.82) is 0 Å². The van der Waals surface area contributed by atoms with Gasteiger partial charge < -0.3 is 10.1 Å². The Hall–Kier alpha value is -2.72. The molecule has 1 aromatic rings. The van der Waals surface area contributed by atoms with Crippen LogP contribution in [-0.2, 0) is 9.53 Å². The molecule has 0 aliphatic carbocycles. The number of urea groups is 1. The van der Waals surface area contributed by atoms with Gasteiger partial charge in [0.2, 0.25) is 5.91 Å². The third-order valence-electron chi connectivity index (χ3n) is 3.39. The standard InChI is InChI=1S/C14H19N5O5/c20-13(4-5-18-6-8-24-9-7-18)16-17-14(21)15-11-2-1-3-12(10-11)19(22)23/h1-3,10H,4-9H2,(H,16,20)(H2,15,17,21). The largest absolute Gasteiger partial charge is 0.379 e. The first-order valence-electron chi connectivity index (χ1n) is 7.45. The van der Waals surface area contributed by atoms with Crippen LogP contribution in [0.1, 0.15) is 6.42 Å². The lowest BCUT2D eigenvalue weighted by Gasteiger charge is -2.26. The van der Waals surface area contributed by atoms with Gasteiger partial charge in [0, 0.05) is 43.9 Å². The molecule has 0 aromatic heterocycles. The molecule has 1 aromatic carbocycles. The first-order valence-corrected chi connectivity index (χ1v) is 7.45. The van der Waals surface area contributed by atoms with Crippen molar-refractivity contribution in [2.75, 3.05) is 38.2 Å². The van der Waals surface area contributed by atoms with Crippen LogP contribution in [0.3, 0.4) is 0 Å². The van der Waals surface area contributed by atoms with Gasteiger partial charge in [0.15, 0.2) is 0 Å². The van der Waals surface area contributed by atoms with Gasteiger partial charge in [-0.05, 0) is 6.07 Å². The summed E-state index contributed by atoms with van der Waals surface area (Å²) in [6.07, 6.45) is 0.247. The van der Waals surface area contributed by atoms with Crippen LogP contribution in [0.25, 0.3) is 0 Å². The molecular weight excluding hydrogens is 318 g/mol. The Bertz CT molecular complexity index is 603. The molecule has 0 radical (unpaired) electrons. The first kappa shape index (κ1) is 17.6. The van der Waals surface area contributed by atoms with Gasteiger partial charge >= 0.3 is 6.03 Å². The molecule has 0 unspecified atom stereocenters. The second kappa shape index (κ2) is 8.79. The molecule has 1 aliphatic heterocycles. The highest BCUT2D eigenvalue weighted by atomic mass is 16.6. The Balaban J connectivity index is 1.69. The Kier molecular flexibility index (Phi) is 6.46. The highest BCUT2D eigenvalue weighted by Gasteiger charge is 2.12. The number of hydrazine groups is 1. The predicted molar refractivity (Wildman–Crippen MR) is 85.3 cm³/mol. The number of nitrogens with zero attached hydrogens (tertiary/aromatic N) is 2. The zero-order chi connectivity index (χ0) is 17.4. The van der Waals surface area contributed by atoms with Crippen LogP contribution < -0.4 is 16.2 Å². The van der Waals surface area contributed by atoms with Gasteiger partial charge in [-0.1, -0.05) is 6.07 Å². The summed E-state index contributed by atoms with van der Waals surface area (Å²) in [6.45, 7) is 3.47. The van der Waals surface area contributed by atoms with Crippen molar-refractivity contribution in [2.45, 2.75) is 6.42 Å². The van der Waals surface area contributed by atoms with Crippen molar-refractivity contribution in [3.05, 3.63) is 34.4 Å². The molecule has 0 bridgehead atoms. The molecule has 0 saturated carbocycles. The van der Waals surface area contributed by atoms with Crippen molar-refractivity contribution >= 4 is 23.3 Å². The Morgan fingerprint density at radius 3 is 2.71 bits per heavy atom. The van der Waals surface area contributed by atoms with Crippen LogP contribution in [-0.4, -0.2) is 54.6 Å². The summed E-state index contributed by atoms with van der Waals surface area (Å²) >= 11 is 0. The summed E-state index contributed by atoms with van der Waals surface area (Å²) < 4.78 is 5.22. The minimum Gasteiger partial charge on any atom is -0.379 e. The molecule has 10 nitrogen and oxygen atoms in total. The minimum atomic E-state index is -0.685. The fourth-order valence-electron chi connectivity index (χ4n) is 2.13. The lowest BCUT2D eigenvalue weighted by molar-refractivity contribution is -0.384. The van der Waals surface area contributed by atoms with Gasteiger partial charge in [-0.15, -0.1) is 0 Å². The van der Waals surface area contributed by atoms with Crippen LogP contribution in [0.4, 0.5) is 16.2 Å². The monoisotopic (exact) mass is 337 g/mol. The number of anilines is 1. The number of nitrogens with one attached hydrogen (secondary N) is 3. The quantitative estimate of drug-likeness (QED) is 0.530. The summed E-state index contributed by atoms with van der Waals surface area (Å²) in [4.78, 5) is 35.6. The van der Waals surface area contributed by atoms with Gasteiger partial charge in [-0.25, -0.2) is 10.2 Å². The number of non-ortho nitro benzene ring substituents is 1. The SMILES string of the molecule is O=C(CCN1CCOCC1)NNC(=O)Nc1cccc([N+](=O)[O-])c1. The maximum absolute atomic E-state index is 11.7. The zero-order valence-electron chi connectivity index (χ0n) is 13.0. The molecule has 10 heteroatoms. The van der Waals surface area contributed by atoms with E-state index in [1.165, 1.54) is 24.3 Å². The molecule has 2 rings (SSSR count). The van der Waals surface area contributed by atoms with E-state index < -0.39 is 11.0 Å². The van der Waals surface area contributed by atoms with E-state index in [-0.39, 0.29) is 23.7 Å². The number of hydrogen-bond donors (Lipinski definition) is 3. The van der Waals surface area contributed by atoms with E-state index in [2.05, 4.69) is 21.1 Å². The van der Waals surface area contributed by atoms with E-state index in [9.17, 15) is 19.7 Å². The molecule has 1 aliphatic rings. The third-order valence-corrected chi connectivity index (χ3v) is 3.39. The molecule has 3 N–H and O–H groups in total. The molecule has 130 valence electrons. The second-order valence-corrected chi connectivity index (χ2v) is 5.14. The van der Waals surface area contributed by atoms with E-state index in [0.717, 1.165) is 13.1 Å². The van der Waals surface area contributed by atoms with Crippen LogP contribution in [0.5, 0.6) is 0 Å².